The van der Waals surface area contributed by atoms with Crippen molar-refractivity contribution in [2.75, 3.05) is 6.54 Å². The molecule has 0 aliphatic rings. The summed E-state index contributed by atoms with van der Waals surface area (Å²) in [6, 6.07) is 13.1. The van der Waals surface area contributed by atoms with Gasteiger partial charge in [0.1, 0.15) is 5.82 Å². The van der Waals surface area contributed by atoms with Gasteiger partial charge in [-0.25, -0.2) is 4.39 Å². The smallest absolute Gasteiger partial charge is 0.123 e. The van der Waals surface area contributed by atoms with E-state index in [0.29, 0.717) is 0 Å². The highest BCUT2D eigenvalue weighted by Gasteiger charge is 2.12. The summed E-state index contributed by atoms with van der Waals surface area (Å²) in [5.41, 5.74) is 3.36. The van der Waals surface area contributed by atoms with Crippen molar-refractivity contribution in [3.8, 4) is 0 Å². The van der Waals surface area contributed by atoms with Crippen LogP contribution < -0.4 is 5.32 Å². The first-order valence-electron chi connectivity index (χ1n) is 7.34. The Morgan fingerprint density at radius 2 is 1.86 bits per heavy atom. The molecule has 0 bridgehead atoms. The molecule has 0 saturated heterocycles. The number of hydrogen-bond acceptors (Lipinski definition) is 1. The first-order chi connectivity index (χ1) is 10.1. The Kier molecular flexibility index (Phi) is 5.77. The van der Waals surface area contributed by atoms with Gasteiger partial charge in [0, 0.05) is 11.1 Å². The van der Waals surface area contributed by atoms with Gasteiger partial charge in [-0.05, 0) is 61.2 Å². The highest BCUT2D eigenvalue weighted by molar-refractivity contribution is 6.31. The van der Waals surface area contributed by atoms with Crippen molar-refractivity contribution in [3.63, 3.8) is 0 Å². The SMILES string of the molecule is CCCNC(Cc1ccc(F)cc1)c1ccc(C)c(Cl)c1. The van der Waals surface area contributed by atoms with Crippen LogP contribution >= 0.6 is 11.6 Å². The lowest BCUT2D eigenvalue weighted by atomic mass is 9.98. The lowest BCUT2D eigenvalue weighted by Crippen LogP contribution is -2.24. The fourth-order valence-corrected chi connectivity index (χ4v) is 2.50. The average Bonchev–Trinajstić information content (AvgIpc) is 2.48. The Bertz CT molecular complexity index is 580. The van der Waals surface area contributed by atoms with Gasteiger partial charge in [0.15, 0.2) is 0 Å². The molecule has 0 aromatic heterocycles. The summed E-state index contributed by atoms with van der Waals surface area (Å²) in [6.45, 7) is 5.09. The number of hydrogen-bond donors (Lipinski definition) is 1. The van der Waals surface area contributed by atoms with Crippen molar-refractivity contribution in [3.05, 3.63) is 70.0 Å². The molecule has 0 aliphatic heterocycles. The lowest BCUT2D eigenvalue weighted by molar-refractivity contribution is 0.528. The molecule has 2 rings (SSSR count). The Morgan fingerprint density at radius 1 is 1.14 bits per heavy atom. The zero-order valence-corrected chi connectivity index (χ0v) is 13.3. The van der Waals surface area contributed by atoms with E-state index in [4.69, 9.17) is 11.6 Å². The second-order valence-electron chi connectivity index (χ2n) is 5.35. The van der Waals surface area contributed by atoms with Crippen LogP contribution in [0.5, 0.6) is 0 Å². The molecule has 0 heterocycles. The molecule has 1 nitrogen and oxygen atoms in total. The van der Waals surface area contributed by atoms with E-state index in [1.165, 1.54) is 17.7 Å². The molecule has 0 radical (unpaired) electrons. The minimum absolute atomic E-state index is 0.188. The minimum atomic E-state index is -0.199. The first-order valence-corrected chi connectivity index (χ1v) is 7.72. The van der Waals surface area contributed by atoms with Crippen LogP contribution in [0, 0.1) is 12.7 Å². The van der Waals surface area contributed by atoms with Crippen molar-refractivity contribution < 1.29 is 4.39 Å². The van der Waals surface area contributed by atoms with E-state index in [1.807, 2.05) is 31.2 Å². The van der Waals surface area contributed by atoms with Gasteiger partial charge in [-0.15, -0.1) is 0 Å². The molecular weight excluding hydrogens is 285 g/mol. The molecule has 0 amide bonds. The van der Waals surface area contributed by atoms with Crippen molar-refractivity contribution in [1.82, 2.24) is 5.32 Å². The summed E-state index contributed by atoms with van der Waals surface area (Å²) in [5.74, 6) is -0.199. The topological polar surface area (TPSA) is 12.0 Å². The van der Waals surface area contributed by atoms with Crippen LogP contribution in [0.4, 0.5) is 4.39 Å². The Hall–Kier alpha value is -1.38. The summed E-state index contributed by atoms with van der Waals surface area (Å²) in [6.07, 6.45) is 1.89. The fraction of sp³-hybridized carbons (Fsp3) is 0.333. The molecule has 0 aliphatic carbocycles. The van der Waals surface area contributed by atoms with Gasteiger partial charge in [-0.3, -0.25) is 0 Å². The fourth-order valence-electron chi connectivity index (χ4n) is 2.31. The van der Waals surface area contributed by atoms with Gasteiger partial charge < -0.3 is 5.32 Å². The predicted molar refractivity (Wildman–Crippen MR) is 87.3 cm³/mol. The summed E-state index contributed by atoms with van der Waals surface area (Å²) in [5, 5.41) is 4.33. The van der Waals surface area contributed by atoms with E-state index in [-0.39, 0.29) is 11.9 Å². The van der Waals surface area contributed by atoms with E-state index in [0.717, 1.165) is 35.5 Å². The molecule has 21 heavy (non-hydrogen) atoms. The van der Waals surface area contributed by atoms with Crippen LogP contribution in [-0.4, -0.2) is 6.54 Å². The van der Waals surface area contributed by atoms with Crippen molar-refractivity contribution in [2.24, 2.45) is 0 Å². The van der Waals surface area contributed by atoms with Crippen molar-refractivity contribution in [2.45, 2.75) is 32.7 Å². The molecule has 2 aromatic rings. The quantitative estimate of drug-likeness (QED) is 0.785. The van der Waals surface area contributed by atoms with Gasteiger partial charge in [-0.1, -0.05) is 42.8 Å². The normalized spacial score (nSPS) is 12.4. The molecule has 0 fully saturated rings. The maximum atomic E-state index is 13.0. The van der Waals surface area contributed by atoms with Gasteiger partial charge in [-0.2, -0.15) is 0 Å². The van der Waals surface area contributed by atoms with Crippen molar-refractivity contribution in [1.29, 1.82) is 0 Å². The monoisotopic (exact) mass is 305 g/mol. The molecule has 1 N–H and O–H groups in total. The standard InChI is InChI=1S/C18H21ClFN/c1-3-10-21-18(11-14-5-8-16(20)9-6-14)15-7-4-13(2)17(19)12-15/h4-9,12,18,21H,3,10-11H2,1-2H3. The van der Waals surface area contributed by atoms with Gasteiger partial charge in [0.05, 0.1) is 0 Å². The van der Waals surface area contributed by atoms with E-state index in [2.05, 4.69) is 18.3 Å². The molecule has 3 heteroatoms. The van der Waals surface area contributed by atoms with Crippen LogP contribution in [0.25, 0.3) is 0 Å². The zero-order valence-electron chi connectivity index (χ0n) is 12.5. The summed E-state index contributed by atoms with van der Waals surface area (Å²) >= 11 is 6.24. The van der Waals surface area contributed by atoms with Crippen LogP contribution in [-0.2, 0) is 6.42 Å². The number of aryl methyl sites for hydroxylation is 1. The van der Waals surface area contributed by atoms with E-state index in [9.17, 15) is 4.39 Å². The highest BCUT2D eigenvalue weighted by Crippen LogP contribution is 2.24. The molecule has 2 aromatic carbocycles. The third-order valence-corrected chi connectivity index (χ3v) is 4.00. The Labute approximate surface area is 131 Å². The third kappa shape index (κ3) is 4.55. The van der Waals surface area contributed by atoms with Crippen molar-refractivity contribution >= 4 is 11.6 Å². The molecule has 0 spiro atoms. The van der Waals surface area contributed by atoms with Gasteiger partial charge in [0.25, 0.3) is 0 Å². The second-order valence-corrected chi connectivity index (χ2v) is 5.75. The lowest BCUT2D eigenvalue weighted by Gasteiger charge is -2.20. The van der Waals surface area contributed by atoms with E-state index < -0.39 is 0 Å². The number of halogens is 2. The molecular formula is C18H21ClFN. The summed E-state index contributed by atoms with van der Waals surface area (Å²) in [7, 11) is 0. The third-order valence-electron chi connectivity index (χ3n) is 3.59. The minimum Gasteiger partial charge on any atom is -0.310 e. The van der Waals surface area contributed by atoms with Gasteiger partial charge >= 0.3 is 0 Å². The maximum Gasteiger partial charge on any atom is 0.123 e. The number of nitrogens with one attached hydrogen (secondary N) is 1. The Balaban J connectivity index is 2.20. The van der Waals surface area contributed by atoms with Crippen LogP contribution in [0.15, 0.2) is 42.5 Å². The van der Waals surface area contributed by atoms with E-state index >= 15 is 0 Å². The van der Waals surface area contributed by atoms with E-state index in [1.54, 1.807) is 0 Å². The predicted octanol–water partition coefficient (Wildman–Crippen LogP) is 5.07. The number of rotatable bonds is 6. The van der Waals surface area contributed by atoms with Crippen LogP contribution in [0.1, 0.15) is 36.1 Å². The highest BCUT2D eigenvalue weighted by atomic mass is 35.5. The average molecular weight is 306 g/mol. The summed E-state index contributed by atoms with van der Waals surface area (Å²) < 4.78 is 13.0. The first kappa shape index (κ1) is 16.0. The molecule has 112 valence electrons. The van der Waals surface area contributed by atoms with Crippen LogP contribution in [0.2, 0.25) is 5.02 Å². The number of benzene rings is 2. The molecule has 1 unspecified atom stereocenters. The van der Waals surface area contributed by atoms with Crippen LogP contribution in [0.3, 0.4) is 0 Å². The molecule has 0 saturated carbocycles. The summed E-state index contributed by atoms with van der Waals surface area (Å²) in [4.78, 5) is 0. The largest absolute Gasteiger partial charge is 0.310 e. The zero-order chi connectivity index (χ0) is 15.2. The Morgan fingerprint density at radius 3 is 2.48 bits per heavy atom. The second kappa shape index (κ2) is 7.58. The van der Waals surface area contributed by atoms with Gasteiger partial charge in [0.2, 0.25) is 0 Å². The maximum absolute atomic E-state index is 13.0. The molecule has 1 atom stereocenters.